The molecule has 2 heterocycles. The predicted octanol–water partition coefficient (Wildman–Crippen LogP) is 2.15. The van der Waals surface area contributed by atoms with Gasteiger partial charge < -0.3 is 10.0 Å². The molecule has 1 N–H and O–H groups in total. The van der Waals surface area contributed by atoms with Gasteiger partial charge in [-0.05, 0) is 32.4 Å². The molecule has 0 spiro atoms. The molecule has 0 atom stereocenters. The smallest absolute Gasteiger partial charge is 0.147 e. The summed E-state index contributed by atoms with van der Waals surface area (Å²) >= 11 is 6.24. The van der Waals surface area contributed by atoms with E-state index in [4.69, 9.17) is 16.7 Å². The molecule has 0 saturated carbocycles. The van der Waals surface area contributed by atoms with Crippen LogP contribution in [-0.2, 0) is 6.61 Å². The minimum absolute atomic E-state index is 0.0230. The van der Waals surface area contributed by atoms with E-state index in [-0.39, 0.29) is 12.1 Å². The molecule has 0 bridgehead atoms. The van der Waals surface area contributed by atoms with Crippen molar-refractivity contribution in [2.24, 2.45) is 0 Å². The van der Waals surface area contributed by atoms with Crippen LogP contribution in [-0.4, -0.2) is 46.7 Å². The second kappa shape index (κ2) is 5.65. The normalized spacial score (nSPS) is 17.8. The number of aliphatic hydroxyl groups excluding tert-OH is 1. The summed E-state index contributed by atoms with van der Waals surface area (Å²) in [6.07, 6.45) is 1.69. The molecular formula is C14H22ClN3O. The number of halogens is 1. The van der Waals surface area contributed by atoms with Gasteiger partial charge in [-0.1, -0.05) is 11.6 Å². The van der Waals surface area contributed by atoms with Crippen molar-refractivity contribution in [2.75, 3.05) is 31.1 Å². The molecule has 5 heteroatoms. The monoisotopic (exact) mass is 283 g/mol. The minimum atomic E-state index is -0.0230. The Bertz CT molecular complexity index is 437. The van der Waals surface area contributed by atoms with Gasteiger partial charge in [0.15, 0.2) is 0 Å². The summed E-state index contributed by atoms with van der Waals surface area (Å²) in [7, 11) is 0. The van der Waals surface area contributed by atoms with Crippen molar-refractivity contribution >= 4 is 17.4 Å². The van der Waals surface area contributed by atoms with Crippen molar-refractivity contribution in [1.29, 1.82) is 0 Å². The second-order valence-corrected chi connectivity index (χ2v) is 6.36. The molecule has 1 aliphatic heterocycles. The van der Waals surface area contributed by atoms with E-state index >= 15 is 0 Å². The van der Waals surface area contributed by atoms with Gasteiger partial charge in [0, 0.05) is 37.9 Å². The molecule has 0 aromatic carbocycles. The fourth-order valence-electron chi connectivity index (χ4n) is 2.38. The first kappa shape index (κ1) is 14.6. The molecule has 1 fully saturated rings. The van der Waals surface area contributed by atoms with Crippen LogP contribution in [0.3, 0.4) is 0 Å². The lowest BCUT2D eigenvalue weighted by atomic mass is 10.0. The van der Waals surface area contributed by atoms with Crippen LogP contribution in [0.2, 0.25) is 5.02 Å². The van der Waals surface area contributed by atoms with Crippen LogP contribution in [0.25, 0.3) is 0 Å². The van der Waals surface area contributed by atoms with Crippen molar-refractivity contribution < 1.29 is 5.11 Å². The van der Waals surface area contributed by atoms with Gasteiger partial charge in [0.25, 0.3) is 0 Å². The number of anilines is 1. The van der Waals surface area contributed by atoms with E-state index in [1.165, 1.54) is 0 Å². The Labute approximate surface area is 120 Å². The van der Waals surface area contributed by atoms with Gasteiger partial charge in [0.2, 0.25) is 0 Å². The predicted molar refractivity (Wildman–Crippen MR) is 78.7 cm³/mol. The first-order valence-corrected chi connectivity index (χ1v) is 7.05. The van der Waals surface area contributed by atoms with Gasteiger partial charge in [0.05, 0.1) is 11.6 Å². The lowest BCUT2D eigenvalue weighted by Gasteiger charge is -2.42. The molecule has 4 nitrogen and oxygen atoms in total. The topological polar surface area (TPSA) is 39.6 Å². The second-order valence-electron chi connectivity index (χ2n) is 5.95. The molecule has 1 aromatic heterocycles. The van der Waals surface area contributed by atoms with Crippen LogP contribution in [0.1, 0.15) is 26.3 Å². The first-order chi connectivity index (χ1) is 8.91. The molecule has 0 amide bonds. The third-order valence-corrected chi connectivity index (χ3v) is 3.87. The zero-order valence-electron chi connectivity index (χ0n) is 11.9. The van der Waals surface area contributed by atoms with E-state index in [0.29, 0.717) is 5.02 Å². The van der Waals surface area contributed by atoms with Gasteiger partial charge in [-0.15, -0.1) is 0 Å². The highest BCUT2D eigenvalue weighted by molar-refractivity contribution is 6.33. The molecule has 19 heavy (non-hydrogen) atoms. The fourth-order valence-corrected chi connectivity index (χ4v) is 2.69. The fraction of sp³-hybridized carbons (Fsp3) is 0.643. The van der Waals surface area contributed by atoms with Crippen LogP contribution in [0.4, 0.5) is 5.82 Å². The molecule has 0 radical (unpaired) electrons. The maximum atomic E-state index is 9.07. The number of piperazine rings is 1. The molecule has 2 rings (SSSR count). The molecule has 1 aromatic rings. The van der Waals surface area contributed by atoms with E-state index in [9.17, 15) is 0 Å². The Balaban J connectivity index is 2.06. The van der Waals surface area contributed by atoms with E-state index in [1.54, 1.807) is 12.3 Å². The largest absolute Gasteiger partial charge is 0.392 e. The van der Waals surface area contributed by atoms with Gasteiger partial charge in [-0.3, -0.25) is 4.90 Å². The van der Waals surface area contributed by atoms with Crippen LogP contribution < -0.4 is 4.90 Å². The molecule has 106 valence electrons. The molecule has 0 unspecified atom stereocenters. The molecular weight excluding hydrogens is 262 g/mol. The van der Waals surface area contributed by atoms with Crippen molar-refractivity contribution in [3.8, 4) is 0 Å². The van der Waals surface area contributed by atoms with Crippen molar-refractivity contribution in [1.82, 2.24) is 9.88 Å². The SMILES string of the molecule is CC(C)(C)N1CCN(c2ncc(CO)cc2Cl)CC1. The van der Waals surface area contributed by atoms with E-state index in [2.05, 4.69) is 35.6 Å². The Hall–Kier alpha value is -0.840. The summed E-state index contributed by atoms with van der Waals surface area (Å²) in [4.78, 5) is 9.06. The first-order valence-electron chi connectivity index (χ1n) is 6.67. The summed E-state index contributed by atoms with van der Waals surface area (Å²) < 4.78 is 0. The zero-order chi connectivity index (χ0) is 14.0. The van der Waals surface area contributed by atoms with Gasteiger partial charge >= 0.3 is 0 Å². The molecule has 1 aliphatic rings. The van der Waals surface area contributed by atoms with Crippen molar-refractivity contribution in [3.63, 3.8) is 0 Å². The maximum absolute atomic E-state index is 9.07. The standard InChI is InChI=1S/C14H22ClN3O/c1-14(2,3)18-6-4-17(5-7-18)13-12(15)8-11(10-19)9-16-13/h8-9,19H,4-7,10H2,1-3H3. The summed E-state index contributed by atoms with van der Waals surface area (Å²) in [5.74, 6) is 0.826. The average Bonchev–Trinajstić information content (AvgIpc) is 2.37. The highest BCUT2D eigenvalue weighted by atomic mass is 35.5. The number of hydrogen-bond donors (Lipinski definition) is 1. The highest BCUT2D eigenvalue weighted by Crippen LogP contribution is 2.26. The van der Waals surface area contributed by atoms with E-state index in [0.717, 1.165) is 37.6 Å². The number of pyridine rings is 1. The lowest BCUT2D eigenvalue weighted by Crippen LogP contribution is -2.53. The average molecular weight is 284 g/mol. The van der Waals surface area contributed by atoms with Gasteiger partial charge in [-0.25, -0.2) is 4.98 Å². The van der Waals surface area contributed by atoms with Crippen molar-refractivity contribution in [2.45, 2.75) is 32.9 Å². The summed E-state index contributed by atoms with van der Waals surface area (Å²) in [6, 6.07) is 1.79. The number of hydrogen-bond acceptors (Lipinski definition) is 4. The molecule has 1 saturated heterocycles. The number of aromatic nitrogens is 1. The third-order valence-electron chi connectivity index (χ3n) is 3.59. The van der Waals surface area contributed by atoms with E-state index in [1.807, 2.05) is 0 Å². The maximum Gasteiger partial charge on any atom is 0.147 e. The summed E-state index contributed by atoms with van der Waals surface area (Å²) in [5.41, 5.74) is 0.964. The zero-order valence-corrected chi connectivity index (χ0v) is 12.6. The van der Waals surface area contributed by atoms with Crippen LogP contribution in [0.5, 0.6) is 0 Å². The van der Waals surface area contributed by atoms with Crippen LogP contribution in [0, 0.1) is 0 Å². The van der Waals surface area contributed by atoms with Gasteiger partial charge in [-0.2, -0.15) is 0 Å². The van der Waals surface area contributed by atoms with E-state index < -0.39 is 0 Å². The third kappa shape index (κ3) is 3.38. The van der Waals surface area contributed by atoms with Crippen molar-refractivity contribution in [3.05, 3.63) is 22.8 Å². The summed E-state index contributed by atoms with van der Waals surface area (Å²) in [6.45, 7) is 10.6. The van der Waals surface area contributed by atoms with Crippen LogP contribution in [0.15, 0.2) is 12.3 Å². The number of nitrogens with zero attached hydrogens (tertiary/aromatic N) is 3. The van der Waals surface area contributed by atoms with Gasteiger partial charge in [0.1, 0.15) is 5.82 Å². The molecule has 0 aliphatic carbocycles. The minimum Gasteiger partial charge on any atom is -0.392 e. The summed E-state index contributed by atoms with van der Waals surface area (Å²) in [5, 5.41) is 9.69. The van der Waals surface area contributed by atoms with Crippen LogP contribution >= 0.6 is 11.6 Å². The Kier molecular flexibility index (Phi) is 4.33. The number of aliphatic hydroxyl groups is 1. The Morgan fingerprint density at radius 2 is 1.89 bits per heavy atom. The quantitative estimate of drug-likeness (QED) is 0.903. The Morgan fingerprint density at radius 1 is 1.26 bits per heavy atom. The lowest BCUT2D eigenvalue weighted by molar-refractivity contribution is 0.128. The Morgan fingerprint density at radius 3 is 2.37 bits per heavy atom. The highest BCUT2D eigenvalue weighted by Gasteiger charge is 2.26. The number of rotatable bonds is 2.